The van der Waals surface area contributed by atoms with Crippen molar-refractivity contribution in [3.05, 3.63) is 42.5 Å². The fourth-order valence-electron chi connectivity index (χ4n) is 3.00. The van der Waals surface area contributed by atoms with Crippen LogP contribution in [-0.4, -0.2) is 54.5 Å². The Kier molecular flexibility index (Phi) is 3.74. The maximum absolute atomic E-state index is 12.6. The highest BCUT2D eigenvalue weighted by Gasteiger charge is 2.31. The topological polar surface area (TPSA) is 35.6 Å². The van der Waals surface area contributed by atoms with Crippen molar-refractivity contribution in [1.29, 1.82) is 0 Å². The third-order valence-electron chi connectivity index (χ3n) is 4.14. The highest BCUT2D eigenvalue weighted by atomic mass is 16.2. The molecule has 1 atom stereocenters. The van der Waals surface area contributed by atoms with Crippen LogP contribution in [0.3, 0.4) is 0 Å². The second-order valence-electron chi connectivity index (χ2n) is 5.47. The number of amides is 1. The maximum atomic E-state index is 12.6. The van der Waals surface area contributed by atoms with Gasteiger partial charge in [-0.1, -0.05) is 24.3 Å². The summed E-state index contributed by atoms with van der Waals surface area (Å²) in [4.78, 5) is 16.9. The molecule has 1 aromatic rings. The first kappa shape index (κ1) is 13.2. The number of hydrogen-bond acceptors (Lipinski definition) is 3. The number of benzene rings is 1. The lowest BCUT2D eigenvalue weighted by Gasteiger charge is -2.35. The van der Waals surface area contributed by atoms with E-state index in [1.165, 1.54) is 5.56 Å². The fourth-order valence-corrected chi connectivity index (χ4v) is 3.00. The Hall–Kier alpha value is -1.81. The van der Waals surface area contributed by atoms with Gasteiger partial charge in [-0.05, 0) is 11.6 Å². The Morgan fingerprint density at radius 1 is 1.30 bits per heavy atom. The minimum Gasteiger partial charge on any atom is -0.373 e. The van der Waals surface area contributed by atoms with E-state index in [4.69, 9.17) is 0 Å². The Morgan fingerprint density at radius 3 is 2.75 bits per heavy atom. The van der Waals surface area contributed by atoms with Crippen molar-refractivity contribution < 1.29 is 4.79 Å². The summed E-state index contributed by atoms with van der Waals surface area (Å²) in [5, 5.41) is 3.35. The predicted molar refractivity (Wildman–Crippen MR) is 80.8 cm³/mol. The van der Waals surface area contributed by atoms with Crippen LogP contribution in [0.25, 0.3) is 0 Å². The van der Waals surface area contributed by atoms with E-state index < -0.39 is 0 Å². The van der Waals surface area contributed by atoms with E-state index in [1.807, 2.05) is 29.2 Å². The standard InChI is InChI=1S/C16H21N3O/c1-2-7-18-8-10-19(11-9-18)16(20)15-12-13-5-3-4-6-14(13)17-15/h2-6,15,17H,1,7-12H2/t15-/m0/s1. The van der Waals surface area contributed by atoms with Crippen LogP contribution in [0.2, 0.25) is 0 Å². The third kappa shape index (κ3) is 2.56. The van der Waals surface area contributed by atoms with Gasteiger partial charge in [-0.2, -0.15) is 0 Å². The maximum Gasteiger partial charge on any atom is 0.245 e. The second kappa shape index (κ2) is 5.67. The molecular formula is C16H21N3O. The quantitative estimate of drug-likeness (QED) is 0.843. The van der Waals surface area contributed by atoms with Crippen molar-refractivity contribution in [2.24, 2.45) is 0 Å². The zero-order valence-corrected chi connectivity index (χ0v) is 11.7. The number of anilines is 1. The van der Waals surface area contributed by atoms with E-state index in [1.54, 1.807) is 0 Å². The zero-order valence-electron chi connectivity index (χ0n) is 11.7. The van der Waals surface area contributed by atoms with Gasteiger partial charge in [0.05, 0.1) is 0 Å². The van der Waals surface area contributed by atoms with Gasteiger partial charge in [0.2, 0.25) is 5.91 Å². The third-order valence-corrected chi connectivity index (χ3v) is 4.14. The summed E-state index contributed by atoms with van der Waals surface area (Å²) >= 11 is 0. The fraction of sp³-hybridized carbons (Fsp3) is 0.438. The van der Waals surface area contributed by atoms with Crippen molar-refractivity contribution >= 4 is 11.6 Å². The summed E-state index contributed by atoms with van der Waals surface area (Å²) in [6.07, 6.45) is 2.73. The molecule has 4 heteroatoms. The van der Waals surface area contributed by atoms with E-state index in [0.29, 0.717) is 0 Å². The lowest BCUT2D eigenvalue weighted by molar-refractivity contribution is -0.133. The van der Waals surface area contributed by atoms with Crippen LogP contribution in [0.4, 0.5) is 5.69 Å². The molecule has 2 aliphatic rings. The van der Waals surface area contributed by atoms with Gasteiger partial charge in [-0.15, -0.1) is 6.58 Å². The molecule has 4 nitrogen and oxygen atoms in total. The smallest absolute Gasteiger partial charge is 0.245 e. The Morgan fingerprint density at radius 2 is 2.05 bits per heavy atom. The first-order valence-corrected chi connectivity index (χ1v) is 7.24. The Bertz CT molecular complexity index is 481. The SMILES string of the molecule is C=CCN1CCN(C(=O)[C@@H]2Cc3ccccc3N2)CC1. The molecular weight excluding hydrogens is 250 g/mol. The van der Waals surface area contributed by atoms with Gasteiger partial charge in [0.1, 0.15) is 6.04 Å². The number of carbonyl (C=O) groups excluding carboxylic acids is 1. The van der Waals surface area contributed by atoms with Crippen LogP contribution >= 0.6 is 0 Å². The summed E-state index contributed by atoms with van der Waals surface area (Å²) in [6.45, 7) is 8.20. The number of rotatable bonds is 3. The highest BCUT2D eigenvalue weighted by Crippen LogP contribution is 2.26. The van der Waals surface area contributed by atoms with Crippen molar-refractivity contribution in [2.75, 3.05) is 38.0 Å². The summed E-state index contributed by atoms with van der Waals surface area (Å²) in [6, 6.07) is 8.09. The van der Waals surface area contributed by atoms with Gasteiger partial charge in [0.15, 0.2) is 0 Å². The van der Waals surface area contributed by atoms with Crippen LogP contribution < -0.4 is 5.32 Å². The van der Waals surface area contributed by atoms with Gasteiger partial charge in [0, 0.05) is 44.8 Å². The molecule has 1 saturated heterocycles. The number of nitrogens with one attached hydrogen (secondary N) is 1. The van der Waals surface area contributed by atoms with Gasteiger partial charge in [-0.25, -0.2) is 0 Å². The van der Waals surface area contributed by atoms with Crippen molar-refractivity contribution in [3.8, 4) is 0 Å². The first-order chi connectivity index (χ1) is 9.78. The highest BCUT2D eigenvalue weighted by molar-refractivity contribution is 5.87. The minimum atomic E-state index is -0.0849. The van der Waals surface area contributed by atoms with Crippen LogP contribution in [0, 0.1) is 0 Å². The lowest BCUT2D eigenvalue weighted by Crippen LogP contribution is -2.52. The number of fused-ring (bicyclic) bond motifs is 1. The molecule has 20 heavy (non-hydrogen) atoms. The van der Waals surface area contributed by atoms with E-state index in [-0.39, 0.29) is 11.9 Å². The molecule has 0 spiro atoms. The van der Waals surface area contributed by atoms with E-state index in [9.17, 15) is 4.79 Å². The number of para-hydroxylation sites is 1. The Labute approximate surface area is 120 Å². The number of piperazine rings is 1. The molecule has 3 rings (SSSR count). The molecule has 0 aliphatic carbocycles. The normalized spacial score (nSPS) is 22.2. The zero-order chi connectivity index (χ0) is 13.9. The largest absolute Gasteiger partial charge is 0.373 e. The molecule has 1 amide bonds. The van der Waals surface area contributed by atoms with Crippen LogP contribution in [0.5, 0.6) is 0 Å². The molecule has 0 aromatic heterocycles. The molecule has 2 heterocycles. The van der Waals surface area contributed by atoms with Crippen molar-refractivity contribution in [3.63, 3.8) is 0 Å². The molecule has 0 radical (unpaired) electrons. The lowest BCUT2D eigenvalue weighted by atomic mass is 10.1. The Balaban J connectivity index is 1.58. The predicted octanol–water partition coefficient (Wildman–Crippen LogP) is 1.35. The number of carbonyl (C=O) groups is 1. The number of hydrogen-bond donors (Lipinski definition) is 1. The molecule has 1 N–H and O–H groups in total. The average molecular weight is 271 g/mol. The van der Waals surface area contributed by atoms with Gasteiger partial charge < -0.3 is 10.2 Å². The molecule has 1 aromatic carbocycles. The molecule has 2 aliphatic heterocycles. The van der Waals surface area contributed by atoms with Crippen LogP contribution in [0.1, 0.15) is 5.56 Å². The van der Waals surface area contributed by atoms with Gasteiger partial charge in [0.25, 0.3) is 0 Å². The van der Waals surface area contributed by atoms with E-state index in [2.05, 4.69) is 22.9 Å². The van der Waals surface area contributed by atoms with Crippen LogP contribution in [-0.2, 0) is 11.2 Å². The molecule has 0 unspecified atom stereocenters. The molecule has 0 saturated carbocycles. The molecule has 106 valence electrons. The average Bonchev–Trinajstić information content (AvgIpc) is 2.91. The van der Waals surface area contributed by atoms with E-state index >= 15 is 0 Å². The first-order valence-electron chi connectivity index (χ1n) is 7.24. The monoisotopic (exact) mass is 271 g/mol. The van der Waals surface area contributed by atoms with Crippen LogP contribution in [0.15, 0.2) is 36.9 Å². The van der Waals surface area contributed by atoms with Gasteiger partial charge in [-0.3, -0.25) is 9.69 Å². The van der Waals surface area contributed by atoms with E-state index in [0.717, 1.165) is 44.8 Å². The molecule has 0 bridgehead atoms. The van der Waals surface area contributed by atoms with Gasteiger partial charge >= 0.3 is 0 Å². The number of nitrogens with zero attached hydrogens (tertiary/aromatic N) is 2. The minimum absolute atomic E-state index is 0.0849. The van der Waals surface area contributed by atoms with Crippen molar-refractivity contribution in [2.45, 2.75) is 12.5 Å². The summed E-state index contributed by atoms with van der Waals surface area (Å²) in [5.41, 5.74) is 2.35. The second-order valence-corrected chi connectivity index (χ2v) is 5.47. The summed E-state index contributed by atoms with van der Waals surface area (Å²) in [5.74, 6) is 0.236. The molecule has 1 fully saturated rings. The van der Waals surface area contributed by atoms with Crippen molar-refractivity contribution in [1.82, 2.24) is 9.80 Å². The summed E-state index contributed by atoms with van der Waals surface area (Å²) < 4.78 is 0. The summed E-state index contributed by atoms with van der Waals surface area (Å²) in [7, 11) is 0.